The zero-order chi connectivity index (χ0) is 16.4. The van der Waals surface area contributed by atoms with Crippen molar-refractivity contribution in [2.24, 2.45) is 0 Å². The standard InChI is InChI=1S/C18H16BrN3O/c1-3-21-12-22(17-7-5-4-6-16(17)21)13(2)18(23)20-15-10-8-14(19)9-11-15/h3-13H,1H2,2H3/p+1/t13-/m0/s1. The predicted molar refractivity (Wildman–Crippen MR) is 96.0 cm³/mol. The van der Waals surface area contributed by atoms with Crippen molar-refractivity contribution in [1.29, 1.82) is 0 Å². The Kier molecular flexibility index (Phi) is 4.30. The maximum absolute atomic E-state index is 12.6. The first-order chi connectivity index (χ1) is 11.1. The van der Waals surface area contributed by atoms with Gasteiger partial charge in [-0.2, -0.15) is 0 Å². The number of rotatable bonds is 4. The van der Waals surface area contributed by atoms with Crippen molar-refractivity contribution in [2.45, 2.75) is 13.0 Å². The van der Waals surface area contributed by atoms with Gasteiger partial charge in [-0.15, -0.1) is 0 Å². The molecule has 0 radical (unpaired) electrons. The molecule has 0 saturated heterocycles. The van der Waals surface area contributed by atoms with Crippen LogP contribution in [0.3, 0.4) is 0 Å². The number of para-hydroxylation sites is 2. The van der Waals surface area contributed by atoms with Gasteiger partial charge in [-0.25, -0.2) is 9.13 Å². The van der Waals surface area contributed by atoms with Crippen molar-refractivity contribution >= 4 is 44.8 Å². The molecule has 0 aliphatic rings. The Hall–Kier alpha value is -2.40. The van der Waals surface area contributed by atoms with Gasteiger partial charge in [0.05, 0.1) is 6.20 Å². The average Bonchev–Trinajstić information content (AvgIpc) is 2.95. The minimum absolute atomic E-state index is 0.0655. The first kappa shape index (κ1) is 15.5. The number of anilines is 1. The predicted octanol–water partition coefficient (Wildman–Crippen LogP) is 3.99. The second kappa shape index (κ2) is 6.38. The van der Waals surface area contributed by atoms with Crippen LogP contribution in [-0.4, -0.2) is 10.5 Å². The van der Waals surface area contributed by atoms with Crippen LogP contribution in [0, 0.1) is 0 Å². The largest absolute Gasteiger partial charge is 0.322 e. The molecule has 0 spiro atoms. The second-order valence-corrected chi connectivity index (χ2v) is 6.19. The number of hydrogen-bond acceptors (Lipinski definition) is 1. The second-order valence-electron chi connectivity index (χ2n) is 5.27. The summed E-state index contributed by atoms with van der Waals surface area (Å²) in [5, 5.41) is 2.94. The molecule has 3 aromatic rings. The topological polar surface area (TPSA) is 37.9 Å². The third-order valence-corrected chi connectivity index (χ3v) is 4.32. The summed E-state index contributed by atoms with van der Waals surface area (Å²) in [6.07, 6.45) is 3.63. The van der Waals surface area contributed by atoms with Crippen molar-refractivity contribution in [1.82, 2.24) is 4.57 Å². The Balaban J connectivity index is 1.90. The van der Waals surface area contributed by atoms with Gasteiger partial charge in [0.15, 0.2) is 17.1 Å². The van der Waals surface area contributed by atoms with E-state index in [1.807, 2.05) is 70.9 Å². The summed E-state index contributed by atoms with van der Waals surface area (Å²) in [5.74, 6) is -0.0655. The number of carbonyl (C=O) groups is 1. The van der Waals surface area contributed by atoms with Crippen LogP contribution in [-0.2, 0) is 4.79 Å². The van der Waals surface area contributed by atoms with Crippen molar-refractivity contribution in [3.8, 4) is 0 Å². The van der Waals surface area contributed by atoms with Gasteiger partial charge < -0.3 is 5.32 Å². The maximum Gasteiger partial charge on any atom is 0.269 e. The summed E-state index contributed by atoms with van der Waals surface area (Å²) in [5.41, 5.74) is 2.79. The molecule has 23 heavy (non-hydrogen) atoms. The molecule has 0 bridgehead atoms. The number of nitrogens with zero attached hydrogens (tertiary/aromatic N) is 2. The monoisotopic (exact) mass is 370 g/mol. The van der Waals surface area contributed by atoms with Gasteiger partial charge in [0, 0.05) is 10.2 Å². The van der Waals surface area contributed by atoms with Crippen LogP contribution in [0.5, 0.6) is 0 Å². The van der Waals surface area contributed by atoms with Gasteiger partial charge in [0.1, 0.15) is 0 Å². The maximum atomic E-state index is 12.6. The van der Waals surface area contributed by atoms with E-state index in [1.54, 1.807) is 6.20 Å². The van der Waals surface area contributed by atoms with E-state index in [0.717, 1.165) is 21.2 Å². The van der Waals surface area contributed by atoms with Crippen molar-refractivity contribution in [2.75, 3.05) is 5.32 Å². The van der Waals surface area contributed by atoms with Crippen molar-refractivity contribution in [3.05, 3.63) is 65.9 Å². The average molecular weight is 371 g/mol. The lowest BCUT2D eigenvalue weighted by atomic mass is 10.2. The number of benzene rings is 2. The van der Waals surface area contributed by atoms with Crippen LogP contribution < -0.4 is 9.88 Å². The Labute approximate surface area is 143 Å². The summed E-state index contributed by atoms with van der Waals surface area (Å²) >= 11 is 3.39. The molecule has 3 rings (SSSR count). The van der Waals surface area contributed by atoms with Gasteiger partial charge in [-0.1, -0.05) is 34.6 Å². The number of nitrogens with one attached hydrogen (secondary N) is 1. The molecule has 4 nitrogen and oxygen atoms in total. The van der Waals surface area contributed by atoms with E-state index in [1.165, 1.54) is 0 Å². The SMILES string of the molecule is C=Cn1c[n+]([C@@H](C)C(=O)Nc2ccc(Br)cc2)c2ccccc21. The van der Waals surface area contributed by atoms with E-state index in [-0.39, 0.29) is 11.9 Å². The molecule has 0 fully saturated rings. The van der Waals surface area contributed by atoms with E-state index < -0.39 is 0 Å². The lowest BCUT2D eigenvalue weighted by Gasteiger charge is -2.10. The molecular weight excluding hydrogens is 354 g/mol. The number of imidazole rings is 1. The van der Waals surface area contributed by atoms with Gasteiger partial charge in [-0.05, 0) is 43.3 Å². The molecule has 2 aromatic carbocycles. The Morgan fingerprint density at radius 2 is 1.96 bits per heavy atom. The minimum atomic E-state index is -0.343. The summed E-state index contributed by atoms with van der Waals surface area (Å²) in [6.45, 7) is 5.70. The number of carbonyl (C=O) groups excluding carboxylic acids is 1. The highest BCUT2D eigenvalue weighted by atomic mass is 79.9. The number of amides is 1. The molecule has 1 aromatic heterocycles. The van der Waals surface area contributed by atoms with Crippen molar-refractivity contribution < 1.29 is 9.36 Å². The summed E-state index contributed by atoms with van der Waals surface area (Å²) in [6, 6.07) is 15.1. The first-order valence-electron chi connectivity index (χ1n) is 7.30. The van der Waals surface area contributed by atoms with E-state index in [9.17, 15) is 4.79 Å². The molecule has 0 saturated carbocycles. The smallest absolute Gasteiger partial charge is 0.269 e. The van der Waals surface area contributed by atoms with E-state index in [0.29, 0.717) is 0 Å². The Morgan fingerprint density at radius 3 is 2.65 bits per heavy atom. The Morgan fingerprint density at radius 1 is 1.26 bits per heavy atom. The number of aromatic nitrogens is 2. The van der Waals surface area contributed by atoms with Crippen LogP contribution in [0.25, 0.3) is 17.2 Å². The molecule has 116 valence electrons. The number of fused-ring (bicyclic) bond motifs is 1. The quantitative estimate of drug-likeness (QED) is 0.692. The summed E-state index contributed by atoms with van der Waals surface area (Å²) < 4.78 is 4.84. The van der Waals surface area contributed by atoms with Crippen LogP contribution in [0.2, 0.25) is 0 Å². The van der Waals surface area contributed by atoms with E-state index in [4.69, 9.17) is 0 Å². The lowest BCUT2D eigenvalue weighted by Crippen LogP contribution is -2.43. The molecule has 1 heterocycles. The molecule has 5 heteroatoms. The van der Waals surface area contributed by atoms with Crippen LogP contribution in [0.4, 0.5) is 5.69 Å². The molecule has 1 amide bonds. The highest BCUT2D eigenvalue weighted by Gasteiger charge is 2.24. The zero-order valence-electron chi connectivity index (χ0n) is 12.7. The molecular formula is C18H17BrN3O+. The third-order valence-electron chi connectivity index (χ3n) is 3.79. The third kappa shape index (κ3) is 3.05. The van der Waals surface area contributed by atoms with Crippen LogP contribution >= 0.6 is 15.9 Å². The minimum Gasteiger partial charge on any atom is -0.322 e. The molecule has 0 unspecified atom stereocenters. The normalized spacial score (nSPS) is 12.1. The summed E-state index contributed by atoms with van der Waals surface area (Å²) in [7, 11) is 0. The fraction of sp³-hybridized carbons (Fsp3) is 0.111. The number of hydrogen-bond donors (Lipinski definition) is 1. The van der Waals surface area contributed by atoms with E-state index in [2.05, 4.69) is 27.8 Å². The molecule has 1 atom stereocenters. The van der Waals surface area contributed by atoms with Crippen LogP contribution in [0.1, 0.15) is 13.0 Å². The van der Waals surface area contributed by atoms with Gasteiger partial charge in [-0.3, -0.25) is 4.79 Å². The zero-order valence-corrected chi connectivity index (χ0v) is 14.3. The highest BCUT2D eigenvalue weighted by molar-refractivity contribution is 9.10. The Bertz CT molecular complexity index is 868. The summed E-state index contributed by atoms with van der Waals surface area (Å²) in [4.78, 5) is 12.6. The first-order valence-corrected chi connectivity index (χ1v) is 8.09. The lowest BCUT2D eigenvalue weighted by molar-refractivity contribution is -0.680. The molecule has 0 aliphatic carbocycles. The van der Waals surface area contributed by atoms with Gasteiger partial charge in [0.25, 0.3) is 5.91 Å². The van der Waals surface area contributed by atoms with Crippen LogP contribution in [0.15, 0.2) is 65.9 Å². The van der Waals surface area contributed by atoms with Crippen molar-refractivity contribution in [3.63, 3.8) is 0 Å². The molecule has 1 N–H and O–H groups in total. The molecule has 0 aliphatic heterocycles. The van der Waals surface area contributed by atoms with Gasteiger partial charge >= 0.3 is 0 Å². The fourth-order valence-corrected chi connectivity index (χ4v) is 2.78. The fourth-order valence-electron chi connectivity index (χ4n) is 2.52. The highest BCUT2D eigenvalue weighted by Crippen LogP contribution is 2.17. The van der Waals surface area contributed by atoms with E-state index >= 15 is 0 Å². The number of halogens is 1. The van der Waals surface area contributed by atoms with Gasteiger partial charge in [0.2, 0.25) is 6.33 Å².